The molecule has 0 saturated carbocycles. The first-order valence-electron chi connectivity index (χ1n) is 6.45. The SMILES string of the molecule is O=C1/C(=C/c2ccccc2F)SC(=S)N1c1ccc(Cl)cc1Cl. The molecule has 1 fully saturated rings. The number of hydrogen-bond donors (Lipinski definition) is 0. The van der Waals surface area contributed by atoms with E-state index in [-0.39, 0.29) is 5.91 Å². The Morgan fingerprint density at radius 2 is 1.91 bits per heavy atom. The number of amides is 1. The average molecular weight is 384 g/mol. The lowest BCUT2D eigenvalue weighted by atomic mass is 10.2. The third kappa shape index (κ3) is 3.28. The molecule has 2 aromatic rings. The number of halogens is 3. The second-order valence-electron chi connectivity index (χ2n) is 4.63. The third-order valence-electron chi connectivity index (χ3n) is 3.14. The molecule has 116 valence electrons. The Kier molecular flexibility index (Phi) is 4.73. The summed E-state index contributed by atoms with van der Waals surface area (Å²) in [5.74, 6) is -0.741. The zero-order valence-electron chi connectivity index (χ0n) is 11.4. The fraction of sp³-hybridized carbons (Fsp3) is 0. The Bertz CT molecular complexity index is 854. The molecule has 0 radical (unpaired) electrons. The lowest BCUT2D eigenvalue weighted by Crippen LogP contribution is -2.27. The van der Waals surface area contributed by atoms with Gasteiger partial charge in [0, 0.05) is 10.6 Å². The zero-order chi connectivity index (χ0) is 16.6. The van der Waals surface area contributed by atoms with Gasteiger partial charge in [0.2, 0.25) is 0 Å². The van der Waals surface area contributed by atoms with Gasteiger partial charge in [-0.05, 0) is 30.3 Å². The van der Waals surface area contributed by atoms with Crippen molar-refractivity contribution >= 4 is 69.2 Å². The van der Waals surface area contributed by atoms with Gasteiger partial charge in [-0.25, -0.2) is 4.39 Å². The van der Waals surface area contributed by atoms with E-state index in [4.69, 9.17) is 35.4 Å². The van der Waals surface area contributed by atoms with Crippen LogP contribution in [0.5, 0.6) is 0 Å². The molecule has 0 aromatic heterocycles. The summed E-state index contributed by atoms with van der Waals surface area (Å²) in [6.07, 6.45) is 1.48. The molecule has 1 aliphatic heterocycles. The molecule has 0 atom stereocenters. The van der Waals surface area contributed by atoms with E-state index in [2.05, 4.69) is 0 Å². The Hall–Kier alpha value is -1.40. The van der Waals surface area contributed by atoms with Gasteiger partial charge in [-0.3, -0.25) is 9.69 Å². The highest BCUT2D eigenvalue weighted by atomic mass is 35.5. The van der Waals surface area contributed by atoms with E-state index in [1.807, 2.05) is 0 Å². The molecule has 3 rings (SSSR count). The maximum absolute atomic E-state index is 13.7. The Balaban J connectivity index is 1.99. The van der Waals surface area contributed by atoms with Crippen LogP contribution in [0.15, 0.2) is 47.4 Å². The molecule has 0 N–H and O–H groups in total. The normalized spacial score (nSPS) is 16.5. The van der Waals surface area contributed by atoms with E-state index in [0.29, 0.717) is 30.5 Å². The van der Waals surface area contributed by atoms with E-state index in [0.717, 1.165) is 11.8 Å². The minimum Gasteiger partial charge on any atom is -0.268 e. The van der Waals surface area contributed by atoms with Crippen molar-refractivity contribution < 1.29 is 9.18 Å². The largest absolute Gasteiger partial charge is 0.270 e. The van der Waals surface area contributed by atoms with Gasteiger partial charge in [0.15, 0.2) is 4.32 Å². The molecule has 0 spiro atoms. The van der Waals surface area contributed by atoms with Crippen LogP contribution in [0.1, 0.15) is 5.56 Å². The van der Waals surface area contributed by atoms with Crippen LogP contribution >= 0.6 is 47.2 Å². The maximum atomic E-state index is 13.7. The number of thiocarbonyl (C=S) groups is 1. The molecule has 1 aliphatic rings. The van der Waals surface area contributed by atoms with Crippen LogP contribution in [0, 0.1) is 5.82 Å². The number of thioether (sulfide) groups is 1. The van der Waals surface area contributed by atoms with Crippen molar-refractivity contribution in [3.63, 3.8) is 0 Å². The summed E-state index contributed by atoms with van der Waals surface area (Å²) in [5, 5.41) is 0.784. The van der Waals surface area contributed by atoms with Crippen LogP contribution in [-0.4, -0.2) is 10.2 Å². The molecule has 1 heterocycles. The monoisotopic (exact) mass is 383 g/mol. The molecule has 2 nitrogen and oxygen atoms in total. The van der Waals surface area contributed by atoms with Crippen LogP contribution in [-0.2, 0) is 4.79 Å². The first-order valence-corrected chi connectivity index (χ1v) is 8.43. The van der Waals surface area contributed by atoms with E-state index in [9.17, 15) is 9.18 Å². The third-order valence-corrected chi connectivity index (χ3v) is 4.98. The minimum absolute atomic E-state index is 0.320. The van der Waals surface area contributed by atoms with Crippen molar-refractivity contribution in [2.75, 3.05) is 4.90 Å². The van der Waals surface area contributed by atoms with Gasteiger partial charge < -0.3 is 0 Å². The van der Waals surface area contributed by atoms with E-state index in [1.54, 1.807) is 30.3 Å². The minimum atomic E-state index is -0.401. The number of carbonyl (C=O) groups excluding carboxylic acids is 1. The number of anilines is 1. The molecule has 0 unspecified atom stereocenters. The van der Waals surface area contributed by atoms with Crippen LogP contribution in [0.2, 0.25) is 10.0 Å². The Morgan fingerprint density at radius 3 is 2.61 bits per heavy atom. The summed E-state index contributed by atoms with van der Waals surface area (Å²) in [5.41, 5.74) is 0.783. The van der Waals surface area contributed by atoms with Gasteiger partial charge in [0.05, 0.1) is 15.6 Å². The lowest BCUT2D eigenvalue weighted by molar-refractivity contribution is -0.113. The predicted octanol–water partition coefficient (Wildman–Crippen LogP) is 5.54. The summed E-state index contributed by atoms with van der Waals surface area (Å²) in [4.78, 5) is 14.3. The summed E-state index contributed by atoms with van der Waals surface area (Å²) in [6, 6.07) is 11.0. The standard InChI is InChI=1S/C16H8Cl2FNOS2/c17-10-5-6-13(11(18)8-10)20-15(21)14(23-16(20)22)7-9-3-1-2-4-12(9)19/h1-8H/b14-7-. The molecule has 0 bridgehead atoms. The molecule has 0 aliphatic carbocycles. The first-order chi connectivity index (χ1) is 11.0. The van der Waals surface area contributed by atoms with E-state index < -0.39 is 5.82 Å². The van der Waals surface area contributed by atoms with Crippen LogP contribution in [0.25, 0.3) is 6.08 Å². The summed E-state index contributed by atoms with van der Waals surface area (Å²) < 4.78 is 14.1. The van der Waals surface area contributed by atoms with Crippen molar-refractivity contribution in [2.45, 2.75) is 0 Å². The molecular formula is C16H8Cl2FNOS2. The van der Waals surface area contributed by atoms with Gasteiger partial charge in [0.1, 0.15) is 5.82 Å². The first kappa shape index (κ1) is 16.5. The van der Waals surface area contributed by atoms with Gasteiger partial charge in [-0.15, -0.1) is 0 Å². The predicted molar refractivity (Wildman–Crippen MR) is 98.5 cm³/mol. The molecule has 1 saturated heterocycles. The lowest BCUT2D eigenvalue weighted by Gasteiger charge is -2.16. The van der Waals surface area contributed by atoms with Gasteiger partial charge >= 0.3 is 0 Å². The quantitative estimate of drug-likeness (QED) is 0.501. The Morgan fingerprint density at radius 1 is 1.17 bits per heavy atom. The van der Waals surface area contributed by atoms with Crippen molar-refractivity contribution in [1.82, 2.24) is 0 Å². The maximum Gasteiger partial charge on any atom is 0.270 e. The number of nitrogens with zero attached hydrogens (tertiary/aromatic N) is 1. The van der Waals surface area contributed by atoms with Crippen LogP contribution in [0.3, 0.4) is 0 Å². The highest BCUT2D eigenvalue weighted by Gasteiger charge is 2.34. The van der Waals surface area contributed by atoms with E-state index in [1.165, 1.54) is 23.1 Å². The van der Waals surface area contributed by atoms with Crippen molar-refractivity contribution in [3.05, 3.63) is 68.8 Å². The molecule has 7 heteroatoms. The molecule has 1 amide bonds. The smallest absolute Gasteiger partial charge is 0.268 e. The topological polar surface area (TPSA) is 20.3 Å². The molecular weight excluding hydrogens is 376 g/mol. The highest BCUT2D eigenvalue weighted by molar-refractivity contribution is 8.27. The van der Waals surface area contributed by atoms with Crippen LogP contribution in [0.4, 0.5) is 10.1 Å². The number of rotatable bonds is 2. The average Bonchev–Trinajstić information content (AvgIpc) is 2.77. The summed E-state index contributed by atoms with van der Waals surface area (Å²) in [6.45, 7) is 0. The fourth-order valence-corrected chi connectivity index (χ4v) is 3.84. The molecule has 23 heavy (non-hydrogen) atoms. The number of carbonyl (C=O) groups is 1. The summed E-state index contributed by atoms with van der Waals surface area (Å²) in [7, 11) is 0. The highest BCUT2D eigenvalue weighted by Crippen LogP contribution is 2.39. The summed E-state index contributed by atoms with van der Waals surface area (Å²) >= 11 is 18.4. The fourth-order valence-electron chi connectivity index (χ4n) is 2.07. The van der Waals surface area contributed by atoms with Gasteiger partial charge in [-0.2, -0.15) is 0 Å². The zero-order valence-corrected chi connectivity index (χ0v) is 14.6. The Labute approximate surface area is 151 Å². The van der Waals surface area contributed by atoms with Crippen LogP contribution < -0.4 is 4.90 Å². The number of benzene rings is 2. The van der Waals surface area contributed by atoms with Crippen molar-refractivity contribution in [1.29, 1.82) is 0 Å². The van der Waals surface area contributed by atoms with Gasteiger partial charge in [-0.1, -0.05) is 65.4 Å². The second-order valence-corrected chi connectivity index (χ2v) is 7.15. The van der Waals surface area contributed by atoms with E-state index >= 15 is 0 Å². The van der Waals surface area contributed by atoms with Crippen molar-refractivity contribution in [3.8, 4) is 0 Å². The molecule has 2 aromatic carbocycles. The van der Waals surface area contributed by atoms with Crippen molar-refractivity contribution in [2.24, 2.45) is 0 Å². The van der Waals surface area contributed by atoms with Gasteiger partial charge in [0.25, 0.3) is 5.91 Å². The number of hydrogen-bond acceptors (Lipinski definition) is 3. The second kappa shape index (κ2) is 6.61.